The first kappa shape index (κ1) is 29.9. The van der Waals surface area contributed by atoms with Gasteiger partial charge in [0.1, 0.15) is 24.2 Å². The van der Waals surface area contributed by atoms with Gasteiger partial charge in [0.05, 0.1) is 23.4 Å². The van der Waals surface area contributed by atoms with Crippen molar-refractivity contribution in [2.75, 3.05) is 33.3 Å². The molecule has 4 aliphatic heterocycles. The number of benzene rings is 2. The van der Waals surface area contributed by atoms with Gasteiger partial charge < -0.3 is 9.64 Å². The van der Waals surface area contributed by atoms with Gasteiger partial charge in [-0.05, 0) is 24.1 Å². The Bertz CT molecular complexity index is 1740. The van der Waals surface area contributed by atoms with Gasteiger partial charge in [-0.15, -0.1) is 0 Å². The number of nitrogens with one attached hydrogen (secondary N) is 2. The van der Waals surface area contributed by atoms with E-state index in [9.17, 15) is 24.0 Å². The van der Waals surface area contributed by atoms with E-state index >= 15 is 4.39 Å². The molecule has 4 aliphatic rings. The number of carbonyl (C=O) groups excluding carboxylic acids is 5. The molecule has 0 spiro atoms. The van der Waals surface area contributed by atoms with Crippen LogP contribution in [-0.2, 0) is 32.2 Å². The monoisotopic (exact) mass is 628 g/mol. The number of ether oxygens (including phenoxy) is 1. The Morgan fingerprint density at radius 2 is 1.78 bits per heavy atom. The van der Waals surface area contributed by atoms with Crippen LogP contribution in [0.4, 0.5) is 4.39 Å². The molecule has 0 saturated carbocycles. The van der Waals surface area contributed by atoms with E-state index in [0.717, 1.165) is 27.8 Å². The summed E-state index contributed by atoms with van der Waals surface area (Å²) in [5.74, 6) is -3.40. The number of imide groups is 2. The normalized spacial score (nSPS) is 22.7. The van der Waals surface area contributed by atoms with E-state index < -0.39 is 47.8 Å². The molecule has 3 atom stereocenters. The maximum absolute atomic E-state index is 15.3. The van der Waals surface area contributed by atoms with Gasteiger partial charge >= 0.3 is 0 Å². The lowest BCUT2D eigenvalue weighted by molar-refractivity contribution is -0.150. The van der Waals surface area contributed by atoms with Crippen molar-refractivity contribution in [2.45, 2.75) is 44.2 Å². The number of halogens is 1. The molecule has 3 aromatic rings. The number of amides is 5. The van der Waals surface area contributed by atoms with E-state index in [1.54, 1.807) is 4.90 Å². The van der Waals surface area contributed by atoms with Gasteiger partial charge in [-0.3, -0.25) is 49.1 Å². The third kappa shape index (κ3) is 5.07. The average molecular weight is 629 g/mol. The molecule has 7 rings (SSSR count). The maximum Gasteiger partial charge on any atom is 0.262 e. The second-order valence-electron chi connectivity index (χ2n) is 11.8. The Kier molecular flexibility index (Phi) is 7.71. The number of piperazine rings is 1. The van der Waals surface area contributed by atoms with E-state index in [-0.39, 0.29) is 42.0 Å². The lowest BCUT2D eigenvalue weighted by Gasteiger charge is -2.41. The number of aromatic amines is 1. The highest BCUT2D eigenvalue weighted by Gasteiger charge is 2.46. The van der Waals surface area contributed by atoms with Crippen LogP contribution in [0.3, 0.4) is 0 Å². The van der Waals surface area contributed by atoms with E-state index in [0.29, 0.717) is 32.7 Å². The van der Waals surface area contributed by atoms with Gasteiger partial charge in [-0.1, -0.05) is 30.3 Å². The predicted octanol–water partition coefficient (Wildman–Crippen LogP) is 1.30. The summed E-state index contributed by atoms with van der Waals surface area (Å²) in [5.41, 5.74) is 2.58. The summed E-state index contributed by atoms with van der Waals surface area (Å²) < 4.78 is 21.0. The lowest BCUT2D eigenvalue weighted by Crippen LogP contribution is -2.54. The molecule has 14 heteroatoms. The van der Waals surface area contributed by atoms with Crippen molar-refractivity contribution in [1.82, 2.24) is 35.1 Å². The van der Waals surface area contributed by atoms with Crippen LogP contribution >= 0.6 is 0 Å². The first-order valence-corrected chi connectivity index (χ1v) is 15.1. The summed E-state index contributed by atoms with van der Waals surface area (Å²) in [6.45, 7) is 2.74. The summed E-state index contributed by atoms with van der Waals surface area (Å²) in [4.78, 5) is 70.9. The van der Waals surface area contributed by atoms with Crippen LogP contribution in [0.1, 0.15) is 68.2 Å². The number of rotatable bonds is 7. The molecule has 2 fully saturated rings. The van der Waals surface area contributed by atoms with Crippen LogP contribution in [-0.4, -0.2) is 98.7 Å². The van der Waals surface area contributed by atoms with Crippen LogP contribution < -0.4 is 5.32 Å². The van der Waals surface area contributed by atoms with E-state index in [2.05, 4.69) is 26.6 Å². The van der Waals surface area contributed by atoms with Crippen molar-refractivity contribution in [3.8, 4) is 0 Å². The highest BCUT2D eigenvalue weighted by molar-refractivity contribution is 6.23. The Balaban J connectivity index is 1.04. The number of hydrogen-bond acceptors (Lipinski definition) is 9. The smallest absolute Gasteiger partial charge is 0.262 e. The topological polar surface area (TPSA) is 148 Å². The molecule has 0 bridgehead atoms. The molecule has 5 amide bonds. The minimum atomic E-state index is -1.12. The van der Waals surface area contributed by atoms with E-state index in [4.69, 9.17) is 4.74 Å². The Labute approximate surface area is 263 Å². The Morgan fingerprint density at radius 3 is 2.48 bits per heavy atom. The van der Waals surface area contributed by atoms with Gasteiger partial charge in [0.15, 0.2) is 6.10 Å². The fraction of sp³-hybridized carbons (Fsp3) is 0.375. The highest BCUT2D eigenvalue weighted by atomic mass is 19.1. The van der Waals surface area contributed by atoms with Crippen molar-refractivity contribution < 1.29 is 33.1 Å². The van der Waals surface area contributed by atoms with E-state index in [1.165, 1.54) is 13.2 Å². The van der Waals surface area contributed by atoms with E-state index in [1.807, 2.05) is 35.2 Å². The van der Waals surface area contributed by atoms with Crippen LogP contribution in [0.25, 0.3) is 0 Å². The summed E-state index contributed by atoms with van der Waals surface area (Å²) in [7, 11) is 1.51. The highest BCUT2D eigenvalue weighted by Crippen LogP contribution is 2.38. The summed E-state index contributed by atoms with van der Waals surface area (Å²) in [6.07, 6.45) is 1.87. The van der Waals surface area contributed by atoms with Gasteiger partial charge in [0.25, 0.3) is 17.7 Å². The molecule has 2 unspecified atom stereocenters. The molecule has 237 valence electrons. The first-order chi connectivity index (χ1) is 22.2. The van der Waals surface area contributed by atoms with Crippen molar-refractivity contribution in [3.05, 3.63) is 88.0 Å². The van der Waals surface area contributed by atoms with Gasteiger partial charge in [-0.25, -0.2) is 4.39 Å². The van der Waals surface area contributed by atoms with Crippen LogP contribution in [0.2, 0.25) is 0 Å². The summed E-state index contributed by atoms with van der Waals surface area (Å²) >= 11 is 0. The van der Waals surface area contributed by atoms with Gasteiger partial charge in [-0.2, -0.15) is 5.10 Å². The standard InChI is InChI=1S/C32H31FN7O6/c1-46-27(18-5-3-2-4-6-18)32(45)39-17-24-22(15-34-36-24)29(39)38-11-9-37(10-12-38)16-19-13-20-21(14-23(19)33)31(44)40(30(20)43)25-7-8-26(41)35-28(25)42/h2-6,13-14,25,27,29H,7-12,16-17H2,1H3,(H,34,36)(H,35,41,42)/t25?,27-,29?/m1/s1. The molecule has 2 N–H and O–H groups in total. The number of hydrogen-bond donors (Lipinski definition) is 2. The lowest BCUT2D eigenvalue weighted by atomic mass is 10.0. The van der Waals surface area contributed by atoms with Crippen molar-refractivity contribution >= 4 is 29.5 Å². The third-order valence-electron chi connectivity index (χ3n) is 9.17. The van der Waals surface area contributed by atoms with Crippen LogP contribution in [0, 0.1) is 12.0 Å². The number of fused-ring (bicyclic) bond motifs is 2. The molecular weight excluding hydrogens is 597 g/mol. The fourth-order valence-electron chi connectivity index (χ4n) is 6.83. The molecule has 13 nitrogen and oxygen atoms in total. The third-order valence-corrected chi connectivity index (χ3v) is 9.17. The zero-order valence-electron chi connectivity index (χ0n) is 25.0. The van der Waals surface area contributed by atoms with Crippen molar-refractivity contribution in [1.29, 1.82) is 0 Å². The van der Waals surface area contributed by atoms with Crippen LogP contribution in [0.5, 0.6) is 0 Å². The molecular formula is C32H31FN7O6. The largest absolute Gasteiger partial charge is 0.367 e. The number of methoxy groups -OCH3 is 1. The van der Waals surface area contributed by atoms with Crippen molar-refractivity contribution in [2.24, 2.45) is 0 Å². The Hall–Kier alpha value is -4.79. The molecule has 2 aromatic carbocycles. The van der Waals surface area contributed by atoms with Crippen LogP contribution in [0.15, 0.2) is 42.5 Å². The maximum atomic E-state index is 15.3. The number of nitrogens with zero attached hydrogens (tertiary/aromatic N) is 5. The predicted molar refractivity (Wildman–Crippen MR) is 157 cm³/mol. The number of aromatic nitrogens is 2. The molecule has 0 aliphatic carbocycles. The van der Waals surface area contributed by atoms with Gasteiger partial charge in [0.2, 0.25) is 11.8 Å². The first-order valence-electron chi connectivity index (χ1n) is 15.1. The van der Waals surface area contributed by atoms with Crippen molar-refractivity contribution in [3.63, 3.8) is 0 Å². The molecule has 2 saturated heterocycles. The second-order valence-corrected chi connectivity index (χ2v) is 11.8. The number of H-pyrrole nitrogens is 1. The number of carbonyl (C=O) groups is 5. The second kappa shape index (κ2) is 11.9. The minimum Gasteiger partial charge on any atom is -0.367 e. The average Bonchev–Trinajstić information content (AvgIpc) is 3.72. The SMILES string of the molecule is CO[C@@H](C(=O)N1Cc2[nH]n[c]c2C1N1CCN(Cc2cc3c(cc2F)C(=O)N(C2CCC(=O)NC2=O)C3=O)CC1)c1ccccc1. The molecule has 1 aromatic heterocycles. The van der Waals surface area contributed by atoms with Gasteiger partial charge in [0, 0.05) is 57.4 Å². The fourth-order valence-corrected chi connectivity index (χ4v) is 6.83. The molecule has 46 heavy (non-hydrogen) atoms. The zero-order valence-corrected chi connectivity index (χ0v) is 25.0. The number of piperidine rings is 1. The molecule has 5 heterocycles. The zero-order chi connectivity index (χ0) is 32.1. The minimum absolute atomic E-state index is 0.00209. The Morgan fingerprint density at radius 1 is 1.07 bits per heavy atom. The quantitative estimate of drug-likeness (QED) is 0.370. The summed E-state index contributed by atoms with van der Waals surface area (Å²) in [6, 6.07) is 10.7. The molecule has 1 radical (unpaired) electrons. The summed E-state index contributed by atoms with van der Waals surface area (Å²) in [5, 5.41) is 9.20.